The second-order valence-corrected chi connectivity index (χ2v) is 4.88. The first-order valence-corrected chi connectivity index (χ1v) is 5.94. The second kappa shape index (κ2) is 4.65. The van der Waals surface area contributed by atoms with Gasteiger partial charge in [0, 0.05) is 0 Å². The number of allylic oxidation sites excluding steroid dienone is 8. The number of rotatable bonds is 4. The van der Waals surface area contributed by atoms with E-state index in [1.54, 1.807) is 11.1 Å². The lowest BCUT2D eigenvalue weighted by atomic mass is 10.0. The molecule has 2 rings (SSSR count). The molecular weight excluding hydrogens is 180 g/mol. The summed E-state index contributed by atoms with van der Waals surface area (Å²) in [7, 11) is 0. The highest BCUT2D eigenvalue weighted by atomic mass is 14.1. The zero-order valence-electron chi connectivity index (χ0n) is 9.84. The van der Waals surface area contributed by atoms with E-state index in [1.807, 2.05) is 0 Å². The molecule has 0 spiro atoms. The molecule has 0 N–H and O–H groups in total. The molecule has 0 saturated heterocycles. The average molecular weight is 200 g/mol. The van der Waals surface area contributed by atoms with Crippen LogP contribution in [-0.2, 0) is 0 Å². The van der Waals surface area contributed by atoms with Crippen LogP contribution in [-0.4, -0.2) is 0 Å². The van der Waals surface area contributed by atoms with E-state index in [4.69, 9.17) is 0 Å². The van der Waals surface area contributed by atoms with Crippen LogP contribution >= 0.6 is 0 Å². The standard InChI is InChI=1S/C15H20/c1-12-6-8-14(10-12)4-3-5-15-9-7-13(2)11-15/h6-9H,3-5,10-11H2,1-2H3. The summed E-state index contributed by atoms with van der Waals surface area (Å²) < 4.78 is 0. The van der Waals surface area contributed by atoms with Gasteiger partial charge in [0.2, 0.25) is 0 Å². The van der Waals surface area contributed by atoms with E-state index < -0.39 is 0 Å². The maximum Gasteiger partial charge on any atom is -0.0105 e. The molecule has 0 aromatic rings. The van der Waals surface area contributed by atoms with E-state index in [0.717, 1.165) is 0 Å². The Kier molecular flexibility index (Phi) is 3.25. The fourth-order valence-corrected chi connectivity index (χ4v) is 2.36. The third-order valence-electron chi connectivity index (χ3n) is 3.21. The van der Waals surface area contributed by atoms with Crippen LogP contribution in [0.5, 0.6) is 0 Å². The Hall–Kier alpha value is -1.04. The quantitative estimate of drug-likeness (QED) is 0.616. The minimum absolute atomic E-state index is 1.22. The predicted molar refractivity (Wildman–Crippen MR) is 66.8 cm³/mol. The van der Waals surface area contributed by atoms with Crippen molar-refractivity contribution in [3.05, 3.63) is 46.6 Å². The lowest BCUT2D eigenvalue weighted by molar-refractivity contribution is 0.778. The Balaban J connectivity index is 1.65. The molecule has 2 aliphatic carbocycles. The van der Waals surface area contributed by atoms with Crippen LogP contribution in [0.25, 0.3) is 0 Å². The largest absolute Gasteiger partial charge is 0.0693 e. The Morgan fingerprint density at radius 1 is 0.800 bits per heavy atom. The van der Waals surface area contributed by atoms with Gasteiger partial charge in [-0.1, -0.05) is 46.6 Å². The van der Waals surface area contributed by atoms with Gasteiger partial charge in [-0.15, -0.1) is 0 Å². The van der Waals surface area contributed by atoms with E-state index in [1.165, 1.54) is 43.3 Å². The van der Waals surface area contributed by atoms with E-state index in [0.29, 0.717) is 0 Å². The molecule has 80 valence electrons. The second-order valence-electron chi connectivity index (χ2n) is 4.88. The molecule has 0 nitrogen and oxygen atoms in total. The van der Waals surface area contributed by atoms with Crippen LogP contribution < -0.4 is 0 Å². The van der Waals surface area contributed by atoms with Crippen molar-refractivity contribution in [3.8, 4) is 0 Å². The van der Waals surface area contributed by atoms with E-state index >= 15 is 0 Å². The summed E-state index contributed by atoms with van der Waals surface area (Å²) in [5, 5.41) is 0. The predicted octanol–water partition coefficient (Wildman–Crippen LogP) is 4.71. The van der Waals surface area contributed by atoms with Crippen LogP contribution in [0, 0.1) is 0 Å². The average Bonchev–Trinajstić information content (AvgIpc) is 2.76. The van der Waals surface area contributed by atoms with Crippen molar-refractivity contribution in [2.75, 3.05) is 0 Å². The van der Waals surface area contributed by atoms with Gasteiger partial charge in [-0.05, 0) is 46.0 Å². The van der Waals surface area contributed by atoms with Crippen LogP contribution in [0.3, 0.4) is 0 Å². The fourth-order valence-electron chi connectivity index (χ4n) is 2.36. The van der Waals surface area contributed by atoms with Gasteiger partial charge in [0.05, 0.1) is 0 Å². The zero-order valence-corrected chi connectivity index (χ0v) is 9.84. The molecule has 0 unspecified atom stereocenters. The number of hydrogen-bond donors (Lipinski definition) is 0. The highest BCUT2D eigenvalue weighted by Crippen LogP contribution is 2.26. The first-order valence-electron chi connectivity index (χ1n) is 5.94. The van der Waals surface area contributed by atoms with Gasteiger partial charge in [-0.2, -0.15) is 0 Å². The van der Waals surface area contributed by atoms with Gasteiger partial charge in [0.25, 0.3) is 0 Å². The van der Waals surface area contributed by atoms with Gasteiger partial charge in [-0.25, -0.2) is 0 Å². The summed E-state index contributed by atoms with van der Waals surface area (Å²) >= 11 is 0. The molecule has 2 aliphatic rings. The molecule has 0 aliphatic heterocycles. The maximum atomic E-state index is 2.31. The van der Waals surface area contributed by atoms with Gasteiger partial charge < -0.3 is 0 Å². The summed E-state index contributed by atoms with van der Waals surface area (Å²) in [4.78, 5) is 0. The third-order valence-corrected chi connectivity index (χ3v) is 3.21. The molecule has 0 heterocycles. The lowest BCUT2D eigenvalue weighted by Crippen LogP contribution is -1.85. The minimum atomic E-state index is 1.22. The summed E-state index contributed by atoms with van der Waals surface area (Å²) in [6.45, 7) is 4.44. The van der Waals surface area contributed by atoms with Crippen LogP contribution in [0.2, 0.25) is 0 Å². The topological polar surface area (TPSA) is 0 Å². The first kappa shape index (κ1) is 10.5. The van der Waals surface area contributed by atoms with Crippen molar-refractivity contribution in [1.82, 2.24) is 0 Å². The van der Waals surface area contributed by atoms with Crippen molar-refractivity contribution >= 4 is 0 Å². The van der Waals surface area contributed by atoms with Crippen molar-refractivity contribution in [2.24, 2.45) is 0 Å². The first-order chi connectivity index (χ1) is 7.24. The molecule has 0 heteroatoms. The SMILES string of the molecule is CC1=CC=C(CCCC2=CC=C(C)C2)C1. The molecule has 0 radical (unpaired) electrons. The Labute approximate surface area is 93.1 Å². The monoisotopic (exact) mass is 200 g/mol. The van der Waals surface area contributed by atoms with Gasteiger partial charge >= 0.3 is 0 Å². The molecule has 0 saturated carbocycles. The highest BCUT2D eigenvalue weighted by molar-refractivity contribution is 5.30. The van der Waals surface area contributed by atoms with Crippen molar-refractivity contribution in [3.63, 3.8) is 0 Å². The molecular formula is C15H20. The maximum absolute atomic E-state index is 2.31. The van der Waals surface area contributed by atoms with Gasteiger partial charge in [-0.3, -0.25) is 0 Å². The molecule has 0 aromatic carbocycles. The minimum Gasteiger partial charge on any atom is -0.0693 e. The van der Waals surface area contributed by atoms with Crippen molar-refractivity contribution in [2.45, 2.75) is 46.0 Å². The Morgan fingerprint density at radius 2 is 1.27 bits per heavy atom. The zero-order chi connectivity index (χ0) is 10.7. The van der Waals surface area contributed by atoms with Crippen molar-refractivity contribution in [1.29, 1.82) is 0 Å². The lowest BCUT2D eigenvalue weighted by Gasteiger charge is -2.04. The summed E-state index contributed by atoms with van der Waals surface area (Å²) in [5.41, 5.74) is 6.27. The summed E-state index contributed by atoms with van der Waals surface area (Å²) in [6, 6.07) is 0. The molecule has 15 heavy (non-hydrogen) atoms. The van der Waals surface area contributed by atoms with E-state index in [2.05, 4.69) is 38.2 Å². The normalized spacial score (nSPS) is 19.9. The van der Waals surface area contributed by atoms with Crippen molar-refractivity contribution < 1.29 is 0 Å². The number of hydrogen-bond acceptors (Lipinski definition) is 0. The van der Waals surface area contributed by atoms with Gasteiger partial charge in [0.1, 0.15) is 0 Å². The summed E-state index contributed by atoms with van der Waals surface area (Å²) in [5.74, 6) is 0. The van der Waals surface area contributed by atoms with Crippen LogP contribution in [0.15, 0.2) is 46.6 Å². The smallest absolute Gasteiger partial charge is 0.0105 e. The van der Waals surface area contributed by atoms with Crippen LogP contribution in [0.4, 0.5) is 0 Å². The van der Waals surface area contributed by atoms with E-state index in [-0.39, 0.29) is 0 Å². The summed E-state index contributed by atoms with van der Waals surface area (Å²) in [6.07, 6.45) is 15.5. The van der Waals surface area contributed by atoms with E-state index in [9.17, 15) is 0 Å². The third kappa shape index (κ3) is 2.95. The fraction of sp³-hybridized carbons (Fsp3) is 0.467. The Morgan fingerprint density at radius 3 is 1.60 bits per heavy atom. The molecule has 0 amide bonds. The molecule has 0 atom stereocenters. The molecule has 0 fully saturated rings. The molecule has 0 bridgehead atoms. The van der Waals surface area contributed by atoms with Gasteiger partial charge in [0.15, 0.2) is 0 Å². The Bertz CT molecular complexity index is 325. The highest BCUT2D eigenvalue weighted by Gasteiger charge is 2.07. The van der Waals surface area contributed by atoms with Crippen LogP contribution in [0.1, 0.15) is 46.0 Å². The molecule has 0 aromatic heterocycles.